The number of anilines is 1. The van der Waals surface area contributed by atoms with Crippen LogP contribution in [0.5, 0.6) is 11.5 Å². The fraction of sp³-hybridized carbons (Fsp3) is 0.357. The maximum atomic E-state index is 14.2. The van der Waals surface area contributed by atoms with Gasteiger partial charge >= 0.3 is 7.12 Å². The molecule has 2 aliphatic carbocycles. The number of carbonyl (C=O) groups excluding carboxylic acids is 4. The van der Waals surface area contributed by atoms with Crippen LogP contribution in [0.15, 0.2) is 50.9 Å². The lowest BCUT2D eigenvalue weighted by Gasteiger charge is -2.51. The Hall–Kier alpha value is -1.94. The van der Waals surface area contributed by atoms with Crippen LogP contribution in [0.1, 0.15) is 24.3 Å². The number of halogens is 5. The van der Waals surface area contributed by atoms with Crippen molar-refractivity contribution in [2.24, 2.45) is 17.8 Å². The second-order valence-electron chi connectivity index (χ2n) is 11.1. The zero-order chi connectivity index (χ0) is 32.0. The van der Waals surface area contributed by atoms with E-state index in [9.17, 15) is 34.3 Å². The van der Waals surface area contributed by atoms with E-state index in [1.807, 2.05) is 0 Å². The molecular weight excluding hydrogens is 814 g/mol. The highest BCUT2D eigenvalue weighted by molar-refractivity contribution is 9.13. The van der Waals surface area contributed by atoms with Crippen molar-refractivity contribution in [2.45, 2.75) is 28.5 Å². The SMILES string of the molecule is COc1cc([C@H]2C3=CC[C@@H]4C(=O)N(c5cccc(B(O)O)c5)C(=O)[C@@H]4[C@@H]3C[C@@]3(Cl)C(=O)N(CBr)C(=O)[C@@]23Cl)c(Br)c(Br)c1O. The molecule has 3 fully saturated rings. The molecule has 0 spiro atoms. The Morgan fingerprint density at radius 1 is 1.05 bits per heavy atom. The maximum absolute atomic E-state index is 14.2. The molecule has 3 N–H and O–H groups in total. The average molecular weight is 836 g/mol. The number of carbonyl (C=O) groups is 4. The van der Waals surface area contributed by atoms with E-state index in [1.165, 1.54) is 37.4 Å². The Labute approximate surface area is 286 Å². The van der Waals surface area contributed by atoms with Gasteiger partial charge in [0.25, 0.3) is 11.8 Å². The van der Waals surface area contributed by atoms with Crippen molar-refractivity contribution < 1.29 is 39.1 Å². The quantitative estimate of drug-likeness (QED) is 0.137. The van der Waals surface area contributed by atoms with E-state index in [0.717, 1.165) is 9.80 Å². The number of methoxy groups -OCH3 is 1. The number of phenols is 1. The first-order valence-electron chi connectivity index (χ1n) is 13.3. The van der Waals surface area contributed by atoms with Crippen molar-refractivity contribution in [1.29, 1.82) is 0 Å². The number of likely N-dealkylation sites (tertiary alicyclic amines) is 1. The number of hydrogen-bond donors (Lipinski definition) is 3. The molecule has 2 aliphatic heterocycles. The predicted molar refractivity (Wildman–Crippen MR) is 172 cm³/mol. The van der Waals surface area contributed by atoms with Gasteiger partial charge in [-0.25, -0.2) is 0 Å². The zero-order valence-corrected chi connectivity index (χ0v) is 28.9. The first-order chi connectivity index (χ1) is 20.7. The molecule has 0 bridgehead atoms. The number of ether oxygens (including phenoxy) is 1. The van der Waals surface area contributed by atoms with E-state index >= 15 is 0 Å². The Morgan fingerprint density at radius 3 is 2.39 bits per heavy atom. The number of benzene rings is 2. The van der Waals surface area contributed by atoms with Gasteiger partial charge in [-0.3, -0.25) is 29.0 Å². The molecule has 2 saturated heterocycles. The number of fused-ring (bicyclic) bond motifs is 4. The zero-order valence-electron chi connectivity index (χ0n) is 22.6. The Bertz CT molecular complexity index is 1690. The molecule has 0 unspecified atom stereocenters. The van der Waals surface area contributed by atoms with Crippen molar-refractivity contribution >= 4 is 113 Å². The molecule has 230 valence electrons. The number of hydrogen-bond acceptors (Lipinski definition) is 8. The smallest absolute Gasteiger partial charge is 0.488 e. The van der Waals surface area contributed by atoms with Gasteiger partial charge in [-0.05, 0) is 79.8 Å². The standard InChI is InChI=1S/C28H22BBr3Cl2N2O8/c1-44-17-8-15(20(31)21(32)22(17)37)19-13-5-6-14-18(16(13)9-27(33)25(40)35(10-30)26(41)28(19,27)34)24(39)36(23(14)38)12-4-2-3-11(7-12)29(42)43/h2-5,7-8,14,16,18-19,37,42-43H,6,9-10H2,1H3/t14-,16+,18-,19+,27+,28-/m0/s1. The Kier molecular flexibility index (Phi) is 8.08. The normalized spacial score (nSPS) is 31.1. The summed E-state index contributed by atoms with van der Waals surface area (Å²) in [5.74, 6) is -6.27. The van der Waals surface area contributed by atoms with Crippen LogP contribution < -0.4 is 15.1 Å². The number of phenolic OH excluding ortho intramolecular Hbond substituents is 1. The van der Waals surface area contributed by atoms with Crippen LogP contribution in [0.3, 0.4) is 0 Å². The molecule has 16 heteroatoms. The third-order valence-electron chi connectivity index (χ3n) is 9.15. The second-order valence-corrected chi connectivity index (χ2v) is 14.4. The van der Waals surface area contributed by atoms with Gasteiger partial charge in [-0.1, -0.05) is 39.7 Å². The first-order valence-corrected chi connectivity index (χ1v) is 16.8. The van der Waals surface area contributed by atoms with Crippen LogP contribution in [-0.4, -0.2) is 73.1 Å². The summed E-state index contributed by atoms with van der Waals surface area (Å²) in [5, 5.41) is 30.0. The van der Waals surface area contributed by atoms with Gasteiger partial charge < -0.3 is 19.9 Å². The number of rotatable bonds is 5. The van der Waals surface area contributed by atoms with E-state index in [1.54, 1.807) is 6.08 Å². The molecule has 2 heterocycles. The minimum absolute atomic E-state index is 0.0605. The van der Waals surface area contributed by atoms with E-state index in [-0.39, 0.29) is 45.4 Å². The summed E-state index contributed by atoms with van der Waals surface area (Å²) in [7, 11) is -0.456. The lowest BCUT2D eigenvalue weighted by Crippen LogP contribution is -2.60. The highest BCUT2D eigenvalue weighted by Gasteiger charge is 2.76. The van der Waals surface area contributed by atoms with Gasteiger partial charge in [0.2, 0.25) is 11.8 Å². The van der Waals surface area contributed by atoms with E-state index in [2.05, 4.69) is 47.8 Å². The Morgan fingerprint density at radius 2 is 1.75 bits per heavy atom. The summed E-state index contributed by atoms with van der Waals surface area (Å²) in [6.07, 6.45) is 1.72. The van der Waals surface area contributed by atoms with Crippen LogP contribution in [-0.2, 0) is 19.2 Å². The average Bonchev–Trinajstić information content (AvgIpc) is 3.34. The number of amides is 4. The van der Waals surface area contributed by atoms with Crippen LogP contribution >= 0.6 is 71.0 Å². The van der Waals surface area contributed by atoms with Crippen LogP contribution in [0, 0.1) is 17.8 Å². The molecule has 0 radical (unpaired) electrons. The number of imide groups is 2. The summed E-state index contributed by atoms with van der Waals surface area (Å²) in [4.78, 5) is 53.7. The van der Waals surface area contributed by atoms with E-state index in [0.29, 0.717) is 15.6 Å². The molecule has 6 atom stereocenters. The van der Waals surface area contributed by atoms with Gasteiger partial charge in [0.05, 0.1) is 34.6 Å². The predicted octanol–water partition coefficient (Wildman–Crippen LogP) is 3.52. The fourth-order valence-electron chi connectivity index (χ4n) is 7.15. The first kappa shape index (κ1) is 32.0. The van der Waals surface area contributed by atoms with Crippen molar-refractivity contribution in [1.82, 2.24) is 4.90 Å². The Balaban J connectivity index is 1.55. The molecule has 1 saturated carbocycles. The molecule has 6 rings (SSSR count). The number of aromatic hydroxyl groups is 1. The van der Waals surface area contributed by atoms with Crippen molar-refractivity contribution in [3.05, 3.63) is 56.5 Å². The summed E-state index contributed by atoms with van der Waals surface area (Å²) < 4.78 is 5.93. The number of allylic oxidation sites excluding steroid dienone is 2. The van der Waals surface area contributed by atoms with Gasteiger partial charge in [0, 0.05) is 10.4 Å². The van der Waals surface area contributed by atoms with Gasteiger partial charge in [-0.2, -0.15) is 0 Å². The molecular formula is C28H22BBr3Cl2N2O8. The van der Waals surface area contributed by atoms with Gasteiger partial charge in [-0.15, -0.1) is 23.2 Å². The summed E-state index contributed by atoms with van der Waals surface area (Å²) in [6, 6.07) is 7.34. The number of alkyl halides is 3. The van der Waals surface area contributed by atoms with Crippen LogP contribution in [0.2, 0.25) is 0 Å². The maximum Gasteiger partial charge on any atom is 0.488 e. The monoisotopic (exact) mass is 832 g/mol. The van der Waals surface area contributed by atoms with Gasteiger partial charge in [0.15, 0.2) is 21.2 Å². The summed E-state index contributed by atoms with van der Waals surface area (Å²) >= 11 is 24.6. The highest BCUT2D eigenvalue weighted by Crippen LogP contribution is 2.66. The number of nitrogens with zero attached hydrogens (tertiary/aromatic N) is 2. The fourth-order valence-corrected chi connectivity index (χ4v) is 9.53. The summed E-state index contributed by atoms with van der Waals surface area (Å²) in [5.41, 5.74) is 1.03. The molecule has 4 aliphatic rings. The molecule has 4 amide bonds. The van der Waals surface area contributed by atoms with Crippen molar-refractivity contribution in [3.8, 4) is 11.5 Å². The highest BCUT2D eigenvalue weighted by atomic mass is 79.9. The van der Waals surface area contributed by atoms with Crippen molar-refractivity contribution in [3.63, 3.8) is 0 Å². The lowest BCUT2D eigenvalue weighted by molar-refractivity contribution is -0.138. The third kappa shape index (κ3) is 4.17. The molecule has 2 aromatic rings. The minimum Gasteiger partial charge on any atom is -0.503 e. The van der Waals surface area contributed by atoms with Crippen LogP contribution in [0.4, 0.5) is 5.69 Å². The molecule has 2 aromatic carbocycles. The van der Waals surface area contributed by atoms with Gasteiger partial charge in [0.1, 0.15) is 0 Å². The van der Waals surface area contributed by atoms with E-state index < -0.39 is 64.2 Å². The lowest BCUT2D eigenvalue weighted by atomic mass is 9.56. The topological polar surface area (TPSA) is 145 Å². The second kappa shape index (κ2) is 11.1. The largest absolute Gasteiger partial charge is 0.503 e. The minimum atomic E-state index is -2.05. The molecule has 44 heavy (non-hydrogen) atoms. The summed E-state index contributed by atoms with van der Waals surface area (Å²) in [6.45, 7) is 0. The third-order valence-corrected chi connectivity index (χ3v) is 13.2. The molecule has 0 aromatic heterocycles. The van der Waals surface area contributed by atoms with Crippen LogP contribution in [0.25, 0.3) is 0 Å². The van der Waals surface area contributed by atoms with E-state index in [4.69, 9.17) is 27.9 Å². The van der Waals surface area contributed by atoms with Crippen molar-refractivity contribution in [2.75, 3.05) is 17.5 Å². The molecule has 10 nitrogen and oxygen atoms in total.